The van der Waals surface area contributed by atoms with Crippen molar-refractivity contribution in [2.45, 2.75) is 24.7 Å². The summed E-state index contributed by atoms with van der Waals surface area (Å²) in [6, 6.07) is 9.40. The van der Waals surface area contributed by atoms with Crippen LogP contribution in [0, 0.1) is 6.92 Å². The Hall–Kier alpha value is -2.25. The average molecular weight is 395 g/mol. The van der Waals surface area contributed by atoms with Crippen LogP contribution in [0.4, 0.5) is 11.4 Å². The lowest BCUT2D eigenvalue weighted by molar-refractivity contribution is -0.117. The Labute approximate surface area is 157 Å². The van der Waals surface area contributed by atoms with Gasteiger partial charge in [0, 0.05) is 18.0 Å². The number of nitrogens with one attached hydrogen (secondary N) is 1. The maximum atomic E-state index is 12.7. The molecular formula is C18H19ClN2O4S. The standard InChI is InChI=1S/C18H19ClN2O4S/c1-12-5-6-13(10-15(12)19)20-26(23,24)14-7-8-17(25-2)16(11-14)21-9-3-4-18(21)22/h5-8,10-11,20H,3-4,9H2,1-2H3. The van der Waals surface area contributed by atoms with Crippen molar-refractivity contribution >= 4 is 38.9 Å². The van der Waals surface area contributed by atoms with E-state index >= 15 is 0 Å². The summed E-state index contributed by atoms with van der Waals surface area (Å²) in [6.07, 6.45) is 1.18. The maximum Gasteiger partial charge on any atom is 0.261 e. The Kier molecular flexibility index (Phi) is 5.11. The molecule has 1 N–H and O–H groups in total. The molecule has 2 aromatic carbocycles. The van der Waals surface area contributed by atoms with Crippen LogP contribution in [0.5, 0.6) is 5.75 Å². The number of benzene rings is 2. The second-order valence-electron chi connectivity index (χ2n) is 6.05. The molecule has 1 fully saturated rings. The molecule has 0 saturated carbocycles. The number of hydrogen-bond acceptors (Lipinski definition) is 4. The molecule has 1 amide bonds. The molecule has 0 aromatic heterocycles. The van der Waals surface area contributed by atoms with Crippen LogP contribution in [0.3, 0.4) is 0 Å². The van der Waals surface area contributed by atoms with Crippen LogP contribution in [0.2, 0.25) is 5.02 Å². The summed E-state index contributed by atoms with van der Waals surface area (Å²) in [5.74, 6) is 0.411. The lowest BCUT2D eigenvalue weighted by Crippen LogP contribution is -2.24. The summed E-state index contributed by atoms with van der Waals surface area (Å²) in [7, 11) is -2.35. The first-order valence-corrected chi connectivity index (χ1v) is 9.95. The highest BCUT2D eigenvalue weighted by Crippen LogP contribution is 2.34. The summed E-state index contributed by atoms with van der Waals surface area (Å²) in [4.78, 5) is 13.7. The topological polar surface area (TPSA) is 75.7 Å². The number of aryl methyl sites for hydroxylation is 1. The fourth-order valence-corrected chi connectivity index (χ4v) is 4.07. The molecule has 1 aliphatic rings. The first kappa shape index (κ1) is 18.5. The van der Waals surface area contributed by atoms with Crippen LogP contribution in [-0.4, -0.2) is 28.0 Å². The van der Waals surface area contributed by atoms with Gasteiger partial charge in [-0.05, 0) is 49.2 Å². The summed E-state index contributed by atoms with van der Waals surface area (Å²) in [5, 5.41) is 0.475. The van der Waals surface area contributed by atoms with Gasteiger partial charge in [0.25, 0.3) is 10.0 Å². The van der Waals surface area contributed by atoms with Crippen molar-refractivity contribution in [3.63, 3.8) is 0 Å². The fraction of sp³-hybridized carbons (Fsp3) is 0.278. The van der Waals surface area contributed by atoms with Crippen LogP contribution < -0.4 is 14.4 Å². The van der Waals surface area contributed by atoms with Crippen molar-refractivity contribution in [1.82, 2.24) is 0 Å². The van der Waals surface area contributed by atoms with Crippen LogP contribution >= 0.6 is 11.6 Å². The van der Waals surface area contributed by atoms with E-state index in [0.717, 1.165) is 12.0 Å². The van der Waals surface area contributed by atoms with Gasteiger partial charge in [-0.1, -0.05) is 17.7 Å². The van der Waals surface area contributed by atoms with Crippen LogP contribution in [0.1, 0.15) is 18.4 Å². The van der Waals surface area contributed by atoms with Crippen LogP contribution in [0.25, 0.3) is 0 Å². The molecule has 26 heavy (non-hydrogen) atoms. The van der Waals surface area contributed by atoms with Crippen molar-refractivity contribution in [3.8, 4) is 5.75 Å². The first-order chi connectivity index (χ1) is 12.3. The number of methoxy groups -OCH3 is 1. The molecule has 0 spiro atoms. The maximum absolute atomic E-state index is 12.7. The van der Waals surface area contributed by atoms with Gasteiger partial charge in [-0.25, -0.2) is 8.42 Å². The minimum Gasteiger partial charge on any atom is -0.495 e. The predicted octanol–water partition coefficient (Wildman–Crippen LogP) is 3.58. The summed E-state index contributed by atoms with van der Waals surface area (Å²) >= 11 is 6.06. The second kappa shape index (κ2) is 7.17. The zero-order valence-electron chi connectivity index (χ0n) is 14.5. The Morgan fingerprint density at radius 3 is 2.58 bits per heavy atom. The smallest absolute Gasteiger partial charge is 0.261 e. The van der Waals surface area contributed by atoms with E-state index in [1.54, 1.807) is 29.2 Å². The van der Waals surface area contributed by atoms with Gasteiger partial charge in [0.05, 0.1) is 23.4 Å². The molecule has 0 unspecified atom stereocenters. The Morgan fingerprint density at radius 1 is 1.19 bits per heavy atom. The van der Waals surface area contributed by atoms with Gasteiger partial charge >= 0.3 is 0 Å². The molecule has 0 aliphatic carbocycles. The van der Waals surface area contributed by atoms with Crippen LogP contribution in [0.15, 0.2) is 41.3 Å². The van der Waals surface area contributed by atoms with E-state index in [1.165, 1.54) is 19.2 Å². The van der Waals surface area contributed by atoms with Gasteiger partial charge in [-0.3, -0.25) is 9.52 Å². The van der Waals surface area contributed by atoms with Gasteiger partial charge in [0.2, 0.25) is 5.91 Å². The number of nitrogens with zero attached hydrogens (tertiary/aromatic N) is 1. The van der Waals surface area contributed by atoms with E-state index in [0.29, 0.717) is 35.1 Å². The molecule has 2 aromatic rings. The summed E-state index contributed by atoms with van der Waals surface area (Å²) in [6.45, 7) is 2.38. The normalized spacial score (nSPS) is 14.6. The molecule has 138 valence electrons. The molecule has 1 aliphatic heterocycles. The molecule has 0 atom stereocenters. The largest absolute Gasteiger partial charge is 0.495 e. The lowest BCUT2D eigenvalue weighted by atomic mass is 10.2. The van der Waals surface area contributed by atoms with E-state index < -0.39 is 10.0 Å². The Morgan fingerprint density at radius 2 is 1.96 bits per heavy atom. The summed E-state index contributed by atoms with van der Waals surface area (Å²) in [5.41, 5.74) is 1.68. The van der Waals surface area contributed by atoms with Crippen molar-refractivity contribution in [2.24, 2.45) is 0 Å². The van der Waals surface area contributed by atoms with E-state index in [2.05, 4.69) is 4.72 Å². The minimum atomic E-state index is -3.84. The molecule has 6 nitrogen and oxygen atoms in total. The number of rotatable bonds is 5. The molecule has 0 bridgehead atoms. The van der Waals surface area contributed by atoms with Gasteiger partial charge in [-0.2, -0.15) is 0 Å². The molecule has 1 saturated heterocycles. The highest BCUT2D eigenvalue weighted by Gasteiger charge is 2.26. The number of hydrogen-bond donors (Lipinski definition) is 1. The van der Waals surface area contributed by atoms with Crippen LogP contribution in [-0.2, 0) is 14.8 Å². The fourth-order valence-electron chi connectivity index (χ4n) is 2.82. The zero-order valence-corrected chi connectivity index (χ0v) is 16.0. The number of ether oxygens (including phenoxy) is 1. The van der Waals surface area contributed by atoms with Crippen molar-refractivity contribution in [3.05, 3.63) is 47.0 Å². The molecule has 8 heteroatoms. The molecular weight excluding hydrogens is 376 g/mol. The quantitative estimate of drug-likeness (QED) is 0.840. The van der Waals surface area contributed by atoms with E-state index in [1.807, 2.05) is 6.92 Å². The van der Waals surface area contributed by atoms with Crippen molar-refractivity contribution in [1.29, 1.82) is 0 Å². The average Bonchev–Trinajstić information content (AvgIpc) is 3.03. The number of anilines is 2. The zero-order chi connectivity index (χ0) is 18.9. The SMILES string of the molecule is COc1ccc(S(=O)(=O)Nc2ccc(C)c(Cl)c2)cc1N1CCCC1=O. The van der Waals surface area contributed by atoms with Gasteiger partial charge in [-0.15, -0.1) is 0 Å². The third-order valence-corrected chi connectivity index (χ3v) is 6.04. The monoisotopic (exact) mass is 394 g/mol. The molecule has 3 rings (SSSR count). The Bertz CT molecular complexity index is 960. The third kappa shape index (κ3) is 3.64. The van der Waals surface area contributed by atoms with E-state index in [-0.39, 0.29) is 10.8 Å². The number of carbonyl (C=O) groups is 1. The van der Waals surface area contributed by atoms with Crippen molar-refractivity contribution in [2.75, 3.05) is 23.3 Å². The molecule has 0 radical (unpaired) electrons. The van der Waals surface area contributed by atoms with Crippen molar-refractivity contribution < 1.29 is 17.9 Å². The Balaban J connectivity index is 1.96. The van der Waals surface area contributed by atoms with E-state index in [4.69, 9.17) is 16.3 Å². The highest BCUT2D eigenvalue weighted by atomic mass is 35.5. The first-order valence-electron chi connectivity index (χ1n) is 8.09. The second-order valence-corrected chi connectivity index (χ2v) is 8.14. The lowest BCUT2D eigenvalue weighted by Gasteiger charge is -2.20. The number of halogens is 1. The van der Waals surface area contributed by atoms with Gasteiger partial charge in [0.15, 0.2) is 0 Å². The van der Waals surface area contributed by atoms with E-state index in [9.17, 15) is 13.2 Å². The summed E-state index contributed by atoms with van der Waals surface area (Å²) < 4.78 is 33.3. The van der Waals surface area contributed by atoms with Gasteiger partial charge in [0.1, 0.15) is 5.75 Å². The number of sulfonamides is 1. The minimum absolute atomic E-state index is 0.0453. The van der Waals surface area contributed by atoms with Gasteiger partial charge < -0.3 is 9.64 Å². The molecule has 1 heterocycles. The highest BCUT2D eigenvalue weighted by molar-refractivity contribution is 7.92. The number of amides is 1. The predicted molar refractivity (Wildman–Crippen MR) is 102 cm³/mol. The third-order valence-electron chi connectivity index (χ3n) is 4.25. The number of carbonyl (C=O) groups excluding carboxylic acids is 1.